The van der Waals surface area contributed by atoms with Crippen LogP contribution in [0.2, 0.25) is 0 Å². The number of carbonyl (C=O) groups is 1. The first-order chi connectivity index (χ1) is 14.7. The predicted octanol–water partition coefficient (Wildman–Crippen LogP) is 4.16. The molecule has 30 heavy (non-hydrogen) atoms. The summed E-state index contributed by atoms with van der Waals surface area (Å²) in [4.78, 5) is 22.6. The monoisotopic (exact) mass is 404 g/mol. The number of anilines is 1. The number of nitrogens with one attached hydrogen (secondary N) is 1. The summed E-state index contributed by atoms with van der Waals surface area (Å²) in [6, 6.07) is 13.7. The molecule has 1 unspecified atom stereocenters. The molecule has 3 heterocycles. The van der Waals surface area contributed by atoms with Gasteiger partial charge in [0.1, 0.15) is 11.6 Å². The number of hydrogen-bond acceptors (Lipinski definition) is 4. The van der Waals surface area contributed by atoms with Crippen molar-refractivity contribution in [1.29, 1.82) is 0 Å². The summed E-state index contributed by atoms with van der Waals surface area (Å²) in [5.74, 6) is 0.512. The van der Waals surface area contributed by atoms with Gasteiger partial charge < -0.3 is 14.7 Å². The van der Waals surface area contributed by atoms with Gasteiger partial charge >= 0.3 is 0 Å². The topological polar surface area (TPSA) is 68.5 Å². The van der Waals surface area contributed by atoms with Gasteiger partial charge in [-0.15, -0.1) is 0 Å². The first-order valence-corrected chi connectivity index (χ1v) is 10.1. The molecular weight excluding hydrogens is 383 g/mol. The molecule has 1 amide bonds. The minimum atomic E-state index is -0.734. The Bertz CT molecular complexity index is 1100. The SMILES string of the molecule is O=C(Nc1ccc(-c2cn3c(n2)CCCC3)cc1)C1CC(c2cccc(F)c2)=NO1. The lowest BCUT2D eigenvalue weighted by Crippen LogP contribution is -2.28. The number of rotatable bonds is 4. The summed E-state index contributed by atoms with van der Waals surface area (Å²) in [7, 11) is 0. The molecule has 152 valence electrons. The first-order valence-electron chi connectivity index (χ1n) is 10.1. The quantitative estimate of drug-likeness (QED) is 0.710. The average Bonchev–Trinajstić information content (AvgIpc) is 3.42. The number of nitrogens with zero attached hydrogens (tertiary/aromatic N) is 3. The van der Waals surface area contributed by atoms with E-state index < -0.39 is 6.10 Å². The summed E-state index contributed by atoms with van der Waals surface area (Å²) < 4.78 is 15.6. The number of aryl methyl sites for hydroxylation is 2. The molecule has 0 saturated carbocycles. The third-order valence-corrected chi connectivity index (χ3v) is 5.48. The van der Waals surface area contributed by atoms with E-state index in [1.165, 1.54) is 25.0 Å². The van der Waals surface area contributed by atoms with E-state index in [2.05, 4.69) is 21.2 Å². The number of aromatic nitrogens is 2. The lowest BCUT2D eigenvalue weighted by molar-refractivity contribution is -0.125. The van der Waals surface area contributed by atoms with E-state index in [0.29, 0.717) is 23.4 Å². The van der Waals surface area contributed by atoms with Gasteiger partial charge in [0.15, 0.2) is 0 Å². The van der Waals surface area contributed by atoms with Crippen molar-refractivity contribution in [1.82, 2.24) is 9.55 Å². The largest absolute Gasteiger partial charge is 0.382 e. The molecule has 7 heteroatoms. The normalized spacial score (nSPS) is 17.8. The lowest BCUT2D eigenvalue weighted by Gasteiger charge is -2.11. The van der Waals surface area contributed by atoms with Crippen LogP contribution in [0.5, 0.6) is 0 Å². The summed E-state index contributed by atoms with van der Waals surface area (Å²) in [5, 5.41) is 6.81. The van der Waals surface area contributed by atoms with Crippen molar-refractivity contribution in [3.63, 3.8) is 0 Å². The Morgan fingerprint density at radius 1 is 1.13 bits per heavy atom. The zero-order chi connectivity index (χ0) is 20.5. The molecule has 0 fully saturated rings. The maximum atomic E-state index is 13.4. The van der Waals surface area contributed by atoms with Crippen molar-refractivity contribution < 1.29 is 14.0 Å². The Morgan fingerprint density at radius 3 is 2.80 bits per heavy atom. The van der Waals surface area contributed by atoms with Gasteiger partial charge in [-0.05, 0) is 37.1 Å². The predicted molar refractivity (Wildman–Crippen MR) is 112 cm³/mol. The van der Waals surface area contributed by atoms with Crippen molar-refractivity contribution in [2.24, 2.45) is 5.16 Å². The fourth-order valence-corrected chi connectivity index (χ4v) is 3.86. The minimum Gasteiger partial charge on any atom is -0.382 e. The third-order valence-electron chi connectivity index (χ3n) is 5.48. The molecule has 1 N–H and O–H groups in total. The van der Waals surface area contributed by atoms with Crippen LogP contribution < -0.4 is 5.32 Å². The summed E-state index contributed by atoms with van der Waals surface area (Å²) in [6.07, 6.45) is 5.07. The zero-order valence-electron chi connectivity index (χ0n) is 16.3. The Kier molecular flexibility index (Phi) is 4.78. The molecule has 0 saturated heterocycles. The molecule has 0 bridgehead atoms. The molecule has 0 radical (unpaired) electrons. The fourth-order valence-electron chi connectivity index (χ4n) is 3.86. The van der Waals surface area contributed by atoms with Gasteiger partial charge in [-0.2, -0.15) is 0 Å². The summed E-state index contributed by atoms with van der Waals surface area (Å²) >= 11 is 0. The summed E-state index contributed by atoms with van der Waals surface area (Å²) in [6.45, 7) is 1.03. The maximum absolute atomic E-state index is 13.4. The fraction of sp³-hybridized carbons (Fsp3) is 0.261. The second-order valence-corrected chi connectivity index (χ2v) is 7.61. The molecule has 6 nitrogen and oxygen atoms in total. The molecule has 5 rings (SSSR count). The molecule has 0 aliphatic carbocycles. The van der Waals surface area contributed by atoms with E-state index in [9.17, 15) is 9.18 Å². The number of fused-ring (bicyclic) bond motifs is 1. The van der Waals surface area contributed by atoms with Crippen LogP contribution >= 0.6 is 0 Å². The van der Waals surface area contributed by atoms with Gasteiger partial charge in [-0.25, -0.2) is 9.37 Å². The molecule has 0 spiro atoms. The zero-order valence-corrected chi connectivity index (χ0v) is 16.3. The van der Waals surface area contributed by atoms with E-state index >= 15 is 0 Å². The van der Waals surface area contributed by atoms with Gasteiger partial charge in [-0.1, -0.05) is 29.4 Å². The molecule has 1 atom stereocenters. The Balaban J connectivity index is 1.22. The molecular formula is C23H21FN4O2. The average molecular weight is 404 g/mol. The van der Waals surface area contributed by atoms with Crippen LogP contribution in [0.25, 0.3) is 11.3 Å². The van der Waals surface area contributed by atoms with Crippen molar-refractivity contribution >= 4 is 17.3 Å². The van der Waals surface area contributed by atoms with Crippen LogP contribution in [0.1, 0.15) is 30.7 Å². The van der Waals surface area contributed by atoms with Gasteiger partial charge in [0, 0.05) is 42.4 Å². The van der Waals surface area contributed by atoms with Crippen LogP contribution in [0.4, 0.5) is 10.1 Å². The molecule has 1 aromatic heterocycles. The van der Waals surface area contributed by atoms with Gasteiger partial charge in [0.25, 0.3) is 5.91 Å². The summed E-state index contributed by atoms with van der Waals surface area (Å²) in [5.41, 5.74) is 3.84. The highest BCUT2D eigenvalue weighted by Crippen LogP contribution is 2.25. The number of amides is 1. The van der Waals surface area contributed by atoms with Crippen LogP contribution in [-0.4, -0.2) is 27.3 Å². The van der Waals surface area contributed by atoms with Gasteiger partial charge in [0.2, 0.25) is 6.10 Å². The van der Waals surface area contributed by atoms with Crippen LogP contribution in [-0.2, 0) is 22.6 Å². The number of halogens is 1. The molecule has 2 aromatic carbocycles. The van der Waals surface area contributed by atoms with Gasteiger partial charge in [-0.3, -0.25) is 4.79 Å². The van der Waals surface area contributed by atoms with Crippen molar-refractivity contribution in [2.75, 3.05) is 5.32 Å². The lowest BCUT2D eigenvalue weighted by atomic mass is 10.0. The standard InChI is InChI=1S/C23H21FN4O2/c24-17-5-3-4-16(12-17)19-13-21(30-27-19)23(29)25-18-9-7-15(8-10-18)20-14-28-11-2-1-6-22(28)26-20/h3-5,7-10,12,14,21H,1-2,6,11,13H2,(H,25,29). The van der Waals surface area contributed by atoms with Crippen molar-refractivity contribution in [2.45, 2.75) is 38.3 Å². The Morgan fingerprint density at radius 2 is 2.00 bits per heavy atom. The van der Waals surface area contributed by atoms with E-state index in [0.717, 1.165) is 30.0 Å². The number of carbonyl (C=O) groups excluding carboxylic acids is 1. The highest BCUT2D eigenvalue weighted by atomic mass is 19.1. The minimum absolute atomic E-state index is 0.282. The van der Waals surface area contributed by atoms with E-state index in [-0.39, 0.29) is 11.7 Å². The van der Waals surface area contributed by atoms with Crippen molar-refractivity contribution in [3.8, 4) is 11.3 Å². The highest BCUT2D eigenvalue weighted by Gasteiger charge is 2.29. The first kappa shape index (κ1) is 18.5. The number of benzene rings is 2. The van der Waals surface area contributed by atoms with E-state index in [1.807, 2.05) is 24.3 Å². The van der Waals surface area contributed by atoms with Crippen LogP contribution in [0.3, 0.4) is 0 Å². The molecule has 3 aromatic rings. The molecule has 2 aliphatic rings. The molecule has 2 aliphatic heterocycles. The third kappa shape index (κ3) is 3.70. The van der Waals surface area contributed by atoms with Gasteiger partial charge in [0.05, 0.1) is 11.4 Å². The number of imidazole rings is 1. The highest BCUT2D eigenvalue weighted by molar-refractivity contribution is 6.06. The van der Waals surface area contributed by atoms with E-state index in [1.54, 1.807) is 12.1 Å². The second-order valence-electron chi connectivity index (χ2n) is 7.61. The van der Waals surface area contributed by atoms with Crippen LogP contribution in [0.15, 0.2) is 59.9 Å². The smallest absolute Gasteiger partial charge is 0.268 e. The maximum Gasteiger partial charge on any atom is 0.268 e. The number of oxime groups is 1. The second kappa shape index (κ2) is 7.74. The van der Waals surface area contributed by atoms with E-state index in [4.69, 9.17) is 9.82 Å². The Hall–Kier alpha value is -3.48. The Labute approximate surface area is 173 Å². The number of hydrogen-bond donors (Lipinski definition) is 1. The van der Waals surface area contributed by atoms with Crippen LogP contribution in [0, 0.1) is 5.82 Å². The van der Waals surface area contributed by atoms with Crippen molar-refractivity contribution in [3.05, 3.63) is 71.9 Å².